The highest BCUT2D eigenvalue weighted by atomic mass is 16.1. The third-order valence-corrected chi connectivity index (χ3v) is 4.77. The molecule has 0 unspecified atom stereocenters. The number of hydrogen-bond acceptors (Lipinski definition) is 2. The molecule has 0 saturated heterocycles. The summed E-state index contributed by atoms with van der Waals surface area (Å²) in [6.45, 7) is 2.09. The Kier molecular flexibility index (Phi) is 3.53. The van der Waals surface area contributed by atoms with Crippen LogP contribution in [-0.4, -0.2) is 9.13 Å². The van der Waals surface area contributed by atoms with E-state index >= 15 is 0 Å². The molecule has 0 spiro atoms. The van der Waals surface area contributed by atoms with Gasteiger partial charge in [-0.2, -0.15) is 0 Å². The van der Waals surface area contributed by atoms with Gasteiger partial charge < -0.3 is 4.57 Å². The van der Waals surface area contributed by atoms with Gasteiger partial charge in [-0.3, -0.25) is 14.2 Å². The summed E-state index contributed by atoms with van der Waals surface area (Å²) >= 11 is 0. The predicted molar refractivity (Wildman–Crippen MR) is 102 cm³/mol. The van der Waals surface area contributed by atoms with E-state index in [0.717, 1.165) is 39.3 Å². The fourth-order valence-corrected chi connectivity index (χ4v) is 3.36. The van der Waals surface area contributed by atoms with E-state index < -0.39 is 0 Å². The van der Waals surface area contributed by atoms with Crippen LogP contribution in [0.15, 0.2) is 70.4 Å². The minimum absolute atomic E-state index is 0.0306. The van der Waals surface area contributed by atoms with Crippen molar-refractivity contribution in [3.63, 3.8) is 0 Å². The van der Waals surface area contributed by atoms with E-state index in [1.54, 1.807) is 28.3 Å². The van der Waals surface area contributed by atoms with Crippen molar-refractivity contribution in [3.8, 4) is 5.69 Å². The SMILES string of the molecule is CCc1cn(-c2ccc3c(ccc(=O)n3C)c2)c(=O)c2ccccc12. The van der Waals surface area contributed by atoms with Gasteiger partial charge in [0.2, 0.25) is 0 Å². The Hall–Kier alpha value is -3.14. The minimum atomic E-state index is -0.0450. The molecule has 0 amide bonds. The number of aryl methyl sites for hydroxylation is 2. The molecule has 0 aliphatic carbocycles. The topological polar surface area (TPSA) is 44.0 Å². The Labute approximate surface area is 144 Å². The van der Waals surface area contributed by atoms with Crippen LogP contribution in [0.25, 0.3) is 27.4 Å². The first kappa shape index (κ1) is 15.4. The van der Waals surface area contributed by atoms with E-state index in [-0.39, 0.29) is 11.1 Å². The number of hydrogen-bond donors (Lipinski definition) is 0. The monoisotopic (exact) mass is 330 g/mol. The Morgan fingerprint density at radius 3 is 2.44 bits per heavy atom. The zero-order valence-electron chi connectivity index (χ0n) is 14.2. The maximum atomic E-state index is 13.0. The summed E-state index contributed by atoms with van der Waals surface area (Å²) in [6.07, 6.45) is 2.77. The molecule has 0 N–H and O–H groups in total. The molecule has 2 aromatic carbocycles. The van der Waals surface area contributed by atoms with Crippen LogP contribution in [0.4, 0.5) is 0 Å². The van der Waals surface area contributed by atoms with Gasteiger partial charge in [0.25, 0.3) is 11.1 Å². The first-order valence-electron chi connectivity index (χ1n) is 8.33. The molecule has 0 atom stereocenters. The van der Waals surface area contributed by atoms with Crippen LogP contribution in [0.2, 0.25) is 0 Å². The second-order valence-electron chi connectivity index (χ2n) is 6.20. The zero-order chi connectivity index (χ0) is 17.6. The second-order valence-corrected chi connectivity index (χ2v) is 6.20. The molecule has 4 nitrogen and oxygen atoms in total. The molecule has 25 heavy (non-hydrogen) atoms. The molecule has 0 aliphatic heterocycles. The van der Waals surface area contributed by atoms with E-state index in [2.05, 4.69) is 6.92 Å². The van der Waals surface area contributed by atoms with Crippen LogP contribution in [-0.2, 0) is 13.5 Å². The van der Waals surface area contributed by atoms with Gasteiger partial charge in [-0.1, -0.05) is 25.1 Å². The van der Waals surface area contributed by atoms with Gasteiger partial charge in [-0.25, -0.2) is 0 Å². The highest BCUT2D eigenvalue weighted by Crippen LogP contribution is 2.20. The molecule has 0 bridgehead atoms. The van der Waals surface area contributed by atoms with E-state index in [0.29, 0.717) is 0 Å². The van der Waals surface area contributed by atoms with Gasteiger partial charge in [0.05, 0.1) is 5.52 Å². The number of nitrogens with zero attached hydrogens (tertiary/aromatic N) is 2. The van der Waals surface area contributed by atoms with Crippen LogP contribution >= 0.6 is 0 Å². The Bertz CT molecular complexity index is 1230. The smallest absolute Gasteiger partial charge is 0.262 e. The van der Waals surface area contributed by atoms with E-state index in [4.69, 9.17) is 0 Å². The van der Waals surface area contributed by atoms with Crippen LogP contribution < -0.4 is 11.1 Å². The lowest BCUT2D eigenvalue weighted by Gasteiger charge is -2.13. The average Bonchev–Trinajstić information content (AvgIpc) is 2.65. The highest BCUT2D eigenvalue weighted by Gasteiger charge is 2.10. The fourth-order valence-electron chi connectivity index (χ4n) is 3.36. The molecule has 4 aromatic rings. The highest BCUT2D eigenvalue weighted by molar-refractivity contribution is 5.86. The third kappa shape index (κ3) is 2.38. The van der Waals surface area contributed by atoms with Crippen molar-refractivity contribution in [2.75, 3.05) is 0 Å². The molecule has 0 saturated carbocycles. The van der Waals surface area contributed by atoms with Crippen molar-refractivity contribution in [3.05, 3.63) is 87.1 Å². The van der Waals surface area contributed by atoms with Crippen molar-refractivity contribution in [2.45, 2.75) is 13.3 Å². The van der Waals surface area contributed by atoms with Crippen molar-refractivity contribution >= 4 is 21.7 Å². The number of rotatable bonds is 2. The van der Waals surface area contributed by atoms with Crippen LogP contribution in [0.5, 0.6) is 0 Å². The largest absolute Gasteiger partial charge is 0.311 e. The fraction of sp³-hybridized carbons (Fsp3) is 0.143. The summed E-state index contributed by atoms with van der Waals surface area (Å²) in [5.74, 6) is 0. The molecule has 2 aromatic heterocycles. The summed E-state index contributed by atoms with van der Waals surface area (Å²) in [5, 5.41) is 2.66. The average molecular weight is 330 g/mol. The van der Waals surface area contributed by atoms with Gasteiger partial charge in [0.1, 0.15) is 0 Å². The van der Waals surface area contributed by atoms with Gasteiger partial charge in [0.15, 0.2) is 0 Å². The van der Waals surface area contributed by atoms with Gasteiger partial charge >= 0.3 is 0 Å². The van der Waals surface area contributed by atoms with Gasteiger partial charge in [-0.15, -0.1) is 0 Å². The van der Waals surface area contributed by atoms with Crippen molar-refractivity contribution in [1.82, 2.24) is 9.13 Å². The van der Waals surface area contributed by atoms with Gasteiger partial charge in [-0.05, 0) is 47.7 Å². The molecule has 0 radical (unpaired) electrons. The lowest BCUT2D eigenvalue weighted by Crippen LogP contribution is -2.19. The number of fused-ring (bicyclic) bond motifs is 2. The Morgan fingerprint density at radius 1 is 0.920 bits per heavy atom. The number of pyridine rings is 2. The molecule has 4 rings (SSSR count). The summed E-state index contributed by atoms with van der Waals surface area (Å²) < 4.78 is 3.31. The van der Waals surface area contributed by atoms with Crippen LogP contribution in [0.1, 0.15) is 12.5 Å². The normalized spacial score (nSPS) is 11.3. The first-order chi connectivity index (χ1) is 12.1. The quantitative estimate of drug-likeness (QED) is 0.565. The van der Waals surface area contributed by atoms with E-state index in [1.165, 1.54) is 0 Å². The minimum Gasteiger partial charge on any atom is -0.311 e. The molecule has 0 fully saturated rings. The Morgan fingerprint density at radius 2 is 1.68 bits per heavy atom. The summed E-state index contributed by atoms with van der Waals surface area (Å²) in [7, 11) is 1.75. The van der Waals surface area contributed by atoms with Crippen molar-refractivity contribution < 1.29 is 0 Å². The molecule has 124 valence electrons. The summed E-state index contributed by atoms with van der Waals surface area (Å²) in [4.78, 5) is 24.7. The summed E-state index contributed by atoms with van der Waals surface area (Å²) in [5.41, 5.74) is 2.71. The maximum absolute atomic E-state index is 13.0. The second kappa shape index (κ2) is 5.74. The van der Waals surface area contributed by atoms with Crippen molar-refractivity contribution in [2.24, 2.45) is 7.05 Å². The molecule has 4 heteroatoms. The number of benzene rings is 2. The predicted octanol–water partition coefficient (Wildman–Crippen LogP) is 3.41. The zero-order valence-corrected chi connectivity index (χ0v) is 14.2. The molecule has 0 aliphatic rings. The lowest BCUT2D eigenvalue weighted by molar-refractivity contribution is 0.904. The van der Waals surface area contributed by atoms with Crippen molar-refractivity contribution in [1.29, 1.82) is 0 Å². The Balaban J connectivity index is 2.03. The molecular formula is C21H18N2O2. The van der Waals surface area contributed by atoms with E-state index in [9.17, 15) is 9.59 Å². The van der Waals surface area contributed by atoms with Crippen LogP contribution in [0.3, 0.4) is 0 Å². The molecule has 2 heterocycles. The van der Waals surface area contributed by atoms with Gasteiger partial charge in [0, 0.05) is 35.8 Å². The molecular weight excluding hydrogens is 312 g/mol. The standard InChI is InChI=1S/C21H18N2O2/c1-3-14-13-23(21(25)18-7-5-4-6-17(14)18)16-9-10-19-15(12-16)8-11-20(24)22(19)2/h4-13H,3H2,1-2H3. The van der Waals surface area contributed by atoms with Crippen LogP contribution in [0, 0.1) is 0 Å². The first-order valence-corrected chi connectivity index (χ1v) is 8.33. The lowest BCUT2D eigenvalue weighted by atomic mass is 10.1. The summed E-state index contributed by atoms with van der Waals surface area (Å²) in [6, 6.07) is 16.8. The third-order valence-electron chi connectivity index (χ3n) is 4.77. The maximum Gasteiger partial charge on any atom is 0.262 e. The van der Waals surface area contributed by atoms with E-state index in [1.807, 2.05) is 48.7 Å². The number of aromatic nitrogens is 2.